The molecule has 1 rings (SSSR count). The van der Waals surface area contributed by atoms with Gasteiger partial charge in [-0.15, -0.1) is 0 Å². The molecule has 0 aromatic rings. The number of hydrogen-bond acceptors (Lipinski definition) is 2. The van der Waals surface area contributed by atoms with Crippen LogP contribution in [0, 0.1) is 5.41 Å². The molecular weight excluding hydrogens is 202 g/mol. The molecule has 1 saturated carbocycles. The summed E-state index contributed by atoms with van der Waals surface area (Å²) < 4.78 is 25.6. The van der Waals surface area contributed by atoms with E-state index in [2.05, 4.69) is 5.32 Å². The molecule has 1 aliphatic rings. The van der Waals surface area contributed by atoms with E-state index < -0.39 is 19.0 Å². The van der Waals surface area contributed by atoms with Gasteiger partial charge in [0.05, 0.1) is 13.1 Å². The van der Waals surface area contributed by atoms with Crippen LogP contribution in [-0.2, 0) is 4.79 Å². The molecule has 1 fully saturated rings. The van der Waals surface area contributed by atoms with Crippen molar-refractivity contribution < 1.29 is 13.6 Å². The highest BCUT2D eigenvalue weighted by molar-refractivity contribution is 5.83. The van der Waals surface area contributed by atoms with E-state index in [0.717, 1.165) is 19.3 Å². The second-order valence-electron chi connectivity index (χ2n) is 4.23. The van der Waals surface area contributed by atoms with Crippen molar-refractivity contribution in [3.63, 3.8) is 0 Å². The van der Waals surface area contributed by atoms with Crippen LogP contribution < -0.4 is 11.1 Å². The maximum absolute atomic E-state index is 12.8. The number of carbonyl (C=O) groups is 1. The topological polar surface area (TPSA) is 55.1 Å². The maximum atomic E-state index is 12.8. The number of alkyl halides is 2. The Morgan fingerprint density at radius 3 is 2.47 bits per heavy atom. The van der Waals surface area contributed by atoms with Crippen LogP contribution in [0.2, 0.25) is 0 Å². The van der Waals surface area contributed by atoms with Gasteiger partial charge in [-0.05, 0) is 19.3 Å². The van der Waals surface area contributed by atoms with Crippen molar-refractivity contribution in [3.8, 4) is 0 Å². The van der Waals surface area contributed by atoms with Crippen LogP contribution in [0.15, 0.2) is 0 Å². The van der Waals surface area contributed by atoms with Gasteiger partial charge in [0.1, 0.15) is 0 Å². The number of halogens is 2. The van der Waals surface area contributed by atoms with Gasteiger partial charge in [-0.25, -0.2) is 8.78 Å². The van der Waals surface area contributed by atoms with E-state index in [1.807, 2.05) is 6.92 Å². The first-order valence-electron chi connectivity index (χ1n) is 5.32. The summed E-state index contributed by atoms with van der Waals surface area (Å²) in [4.78, 5) is 11.7. The molecule has 0 heterocycles. The minimum Gasteiger partial charge on any atom is -0.350 e. The Hall–Kier alpha value is -0.710. The molecule has 1 amide bonds. The van der Waals surface area contributed by atoms with Gasteiger partial charge < -0.3 is 11.1 Å². The van der Waals surface area contributed by atoms with E-state index in [4.69, 9.17) is 5.73 Å². The number of rotatable bonds is 5. The van der Waals surface area contributed by atoms with Crippen LogP contribution in [0.3, 0.4) is 0 Å². The largest absolute Gasteiger partial charge is 0.350 e. The smallest absolute Gasteiger partial charge is 0.277 e. The first kappa shape index (κ1) is 12.4. The Bertz CT molecular complexity index is 234. The summed E-state index contributed by atoms with van der Waals surface area (Å²) in [5.74, 6) is -3.24. The lowest BCUT2D eigenvalue weighted by molar-refractivity contribution is -0.138. The van der Waals surface area contributed by atoms with Crippen LogP contribution in [0.25, 0.3) is 0 Å². The third-order valence-electron chi connectivity index (χ3n) is 3.28. The minimum absolute atomic E-state index is 0.246. The lowest BCUT2D eigenvalue weighted by Gasteiger charge is -2.39. The van der Waals surface area contributed by atoms with Crippen LogP contribution in [0.5, 0.6) is 0 Å². The lowest BCUT2D eigenvalue weighted by Crippen LogP contribution is -2.49. The number of nitrogens with two attached hydrogens (primary N) is 1. The van der Waals surface area contributed by atoms with Crippen molar-refractivity contribution in [2.24, 2.45) is 11.1 Å². The second-order valence-corrected chi connectivity index (χ2v) is 4.23. The first-order chi connectivity index (χ1) is 6.96. The van der Waals surface area contributed by atoms with Crippen molar-refractivity contribution in [2.75, 3.05) is 13.1 Å². The van der Waals surface area contributed by atoms with E-state index in [9.17, 15) is 13.6 Å². The monoisotopic (exact) mass is 220 g/mol. The molecule has 0 saturated heterocycles. The number of nitrogens with one attached hydrogen (secondary N) is 1. The lowest BCUT2D eigenvalue weighted by atomic mass is 9.66. The quantitative estimate of drug-likeness (QED) is 0.733. The molecule has 0 spiro atoms. The van der Waals surface area contributed by atoms with Gasteiger partial charge >= 0.3 is 0 Å². The molecular formula is C10H18F2N2O. The molecule has 0 aliphatic heterocycles. The summed E-state index contributed by atoms with van der Waals surface area (Å²) in [5, 5.41) is 2.30. The zero-order chi connectivity index (χ0) is 11.5. The Morgan fingerprint density at radius 2 is 2.13 bits per heavy atom. The fraction of sp³-hybridized carbons (Fsp3) is 0.900. The predicted octanol–water partition coefficient (Wildman–Crippen LogP) is 1.28. The molecule has 88 valence electrons. The van der Waals surface area contributed by atoms with Gasteiger partial charge in [0.15, 0.2) is 0 Å². The van der Waals surface area contributed by atoms with Crippen molar-refractivity contribution >= 4 is 5.91 Å². The molecule has 3 N–H and O–H groups in total. The molecule has 5 heteroatoms. The minimum atomic E-state index is -2.99. The van der Waals surface area contributed by atoms with Crippen molar-refractivity contribution in [1.82, 2.24) is 5.32 Å². The van der Waals surface area contributed by atoms with Gasteiger partial charge in [-0.1, -0.05) is 13.3 Å². The molecule has 15 heavy (non-hydrogen) atoms. The van der Waals surface area contributed by atoms with Gasteiger partial charge in [-0.2, -0.15) is 0 Å². The highest BCUT2D eigenvalue weighted by Gasteiger charge is 2.43. The molecule has 1 aliphatic carbocycles. The van der Waals surface area contributed by atoms with Crippen molar-refractivity contribution in [1.29, 1.82) is 0 Å². The molecule has 0 atom stereocenters. The van der Waals surface area contributed by atoms with E-state index in [1.165, 1.54) is 0 Å². The summed E-state index contributed by atoms with van der Waals surface area (Å²) in [6.45, 7) is 0.538. The summed E-state index contributed by atoms with van der Waals surface area (Å²) in [6, 6.07) is 0. The van der Waals surface area contributed by atoms with Crippen LogP contribution in [0.1, 0.15) is 32.6 Å². The van der Waals surface area contributed by atoms with Gasteiger partial charge in [0.25, 0.3) is 5.92 Å². The van der Waals surface area contributed by atoms with Crippen LogP contribution in [0.4, 0.5) is 8.78 Å². The van der Waals surface area contributed by atoms with Gasteiger partial charge in [-0.3, -0.25) is 4.79 Å². The molecule has 0 unspecified atom stereocenters. The summed E-state index contributed by atoms with van der Waals surface area (Å²) >= 11 is 0. The highest BCUT2D eigenvalue weighted by Crippen LogP contribution is 2.43. The zero-order valence-corrected chi connectivity index (χ0v) is 8.98. The third-order valence-corrected chi connectivity index (χ3v) is 3.28. The third kappa shape index (κ3) is 2.65. The average molecular weight is 220 g/mol. The molecule has 3 nitrogen and oxygen atoms in total. The first-order valence-corrected chi connectivity index (χ1v) is 5.32. The Labute approximate surface area is 88.4 Å². The number of hydrogen-bond donors (Lipinski definition) is 2. The van der Waals surface area contributed by atoms with Gasteiger partial charge in [0.2, 0.25) is 5.91 Å². The van der Waals surface area contributed by atoms with E-state index in [0.29, 0.717) is 6.42 Å². The number of amides is 1. The summed E-state index contributed by atoms with van der Waals surface area (Å²) in [6.07, 6.45) is 3.34. The van der Waals surface area contributed by atoms with E-state index in [1.54, 1.807) is 0 Å². The highest BCUT2D eigenvalue weighted by atomic mass is 19.3. The standard InChI is InChI=1S/C10H18F2N2O/c1-2-9(4-3-5-9)8(15)14-7-10(11,12)6-13/h2-7,13H2,1H3,(H,14,15). The van der Waals surface area contributed by atoms with Crippen LogP contribution >= 0.6 is 0 Å². The average Bonchev–Trinajstić information content (AvgIpc) is 2.14. The Balaban J connectivity index is 2.42. The molecule has 0 aromatic heterocycles. The fourth-order valence-electron chi connectivity index (χ4n) is 1.81. The molecule has 0 bridgehead atoms. The summed E-state index contributed by atoms with van der Waals surface area (Å²) in [5.41, 5.74) is 4.50. The SMILES string of the molecule is CCC1(C(=O)NCC(F)(F)CN)CCC1. The fourth-order valence-corrected chi connectivity index (χ4v) is 1.81. The predicted molar refractivity (Wildman–Crippen MR) is 53.6 cm³/mol. The van der Waals surface area contributed by atoms with Crippen molar-refractivity contribution in [2.45, 2.75) is 38.5 Å². The van der Waals surface area contributed by atoms with E-state index in [-0.39, 0.29) is 11.3 Å². The second kappa shape index (κ2) is 4.43. The van der Waals surface area contributed by atoms with Crippen molar-refractivity contribution in [3.05, 3.63) is 0 Å². The van der Waals surface area contributed by atoms with Crippen LogP contribution in [-0.4, -0.2) is 24.9 Å². The molecule has 0 radical (unpaired) electrons. The van der Waals surface area contributed by atoms with E-state index >= 15 is 0 Å². The Morgan fingerprint density at radius 1 is 1.53 bits per heavy atom. The number of carbonyl (C=O) groups excluding carboxylic acids is 1. The Kier molecular flexibility index (Phi) is 3.65. The zero-order valence-electron chi connectivity index (χ0n) is 8.98. The normalized spacial score (nSPS) is 19.5. The maximum Gasteiger partial charge on any atom is 0.277 e. The molecule has 0 aromatic carbocycles. The summed E-state index contributed by atoms with van der Waals surface area (Å²) in [7, 11) is 0. The van der Waals surface area contributed by atoms with Gasteiger partial charge in [0, 0.05) is 5.41 Å².